The summed E-state index contributed by atoms with van der Waals surface area (Å²) in [5.74, 6) is 0. The van der Waals surface area contributed by atoms with E-state index in [-0.39, 0.29) is 0 Å². The maximum atomic E-state index is 5.53. The van der Waals surface area contributed by atoms with Crippen LogP contribution in [0.15, 0.2) is 11.8 Å². The molecule has 0 atom stereocenters. The lowest BCUT2D eigenvalue weighted by Gasteiger charge is -2.09. The standard InChI is InChI=1S/C9H19O2Si/c1-4-7-10-12(9-6-3)11-8-5-2/h6,9H,4-5,7-8H2,1-3H3. The zero-order valence-electron chi connectivity index (χ0n) is 8.30. The van der Waals surface area contributed by atoms with Crippen LogP contribution in [0.5, 0.6) is 0 Å². The predicted molar refractivity (Wildman–Crippen MR) is 53.1 cm³/mol. The third kappa shape index (κ3) is 6.58. The maximum absolute atomic E-state index is 5.53. The van der Waals surface area contributed by atoms with E-state index in [1.807, 2.05) is 18.7 Å². The number of rotatable bonds is 7. The van der Waals surface area contributed by atoms with E-state index < -0.39 is 9.28 Å². The van der Waals surface area contributed by atoms with Crippen LogP contribution < -0.4 is 0 Å². The molecular formula is C9H19O2Si. The number of allylic oxidation sites excluding steroid dienone is 1. The highest BCUT2D eigenvalue weighted by Gasteiger charge is 2.09. The fraction of sp³-hybridized carbons (Fsp3) is 0.778. The van der Waals surface area contributed by atoms with E-state index in [2.05, 4.69) is 13.8 Å². The van der Waals surface area contributed by atoms with Gasteiger partial charge in [-0.05, 0) is 25.5 Å². The van der Waals surface area contributed by atoms with Crippen molar-refractivity contribution in [2.45, 2.75) is 33.6 Å². The summed E-state index contributed by atoms with van der Waals surface area (Å²) < 4.78 is 11.1. The van der Waals surface area contributed by atoms with Crippen LogP contribution in [0.1, 0.15) is 33.6 Å². The minimum absolute atomic E-state index is 0.808. The Morgan fingerprint density at radius 3 is 1.92 bits per heavy atom. The van der Waals surface area contributed by atoms with Gasteiger partial charge in [-0.2, -0.15) is 0 Å². The quantitative estimate of drug-likeness (QED) is 0.570. The first-order chi connectivity index (χ1) is 5.85. The molecule has 0 aliphatic rings. The summed E-state index contributed by atoms with van der Waals surface area (Å²) in [5.41, 5.74) is 2.04. The van der Waals surface area contributed by atoms with Crippen molar-refractivity contribution < 1.29 is 8.85 Å². The monoisotopic (exact) mass is 187 g/mol. The fourth-order valence-corrected chi connectivity index (χ4v) is 2.04. The van der Waals surface area contributed by atoms with Crippen LogP contribution in [-0.4, -0.2) is 22.5 Å². The van der Waals surface area contributed by atoms with Gasteiger partial charge in [0.25, 0.3) is 0 Å². The number of hydrogen-bond donors (Lipinski definition) is 0. The Kier molecular flexibility index (Phi) is 8.88. The molecule has 0 aromatic rings. The molecule has 0 bridgehead atoms. The topological polar surface area (TPSA) is 18.5 Å². The normalized spacial score (nSPS) is 11.7. The SMILES string of the molecule is CC=C[Si](OCCC)OCCC. The molecular weight excluding hydrogens is 168 g/mol. The lowest BCUT2D eigenvalue weighted by atomic mass is 10.5. The third-order valence-electron chi connectivity index (χ3n) is 1.20. The van der Waals surface area contributed by atoms with Crippen molar-refractivity contribution in [2.24, 2.45) is 0 Å². The van der Waals surface area contributed by atoms with Gasteiger partial charge in [0, 0.05) is 13.2 Å². The van der Waals surface area contributed by atoms with E-state index in [0.29, 0.717) is 0 Å². The van der Waals surface area contributed by atoms with Gasteiger partial charge in [0.1, 0.15) is 0 Å². The van der Waals surface area contributed by atoms with Crippen molar-refractivity contribution in [3.8, 4) is 0 Å². The van der Waals surface area contributed by atoms with Crippen molar-refractivity contribution in [1.29, 1.82) is 0 Å². The van der Waals surface area contributed by atoms with Gasteiger partial charge in [0.05, 0.1) is 0 Å². The molecule has 0 aliphatic carbocycles. The third-order valence-corrected chi connectivity index (χ3v) is 2.78. The van der Waals surface area contributed by atoms with Crippen molar-refractivity contribution in [2.75, 3.05) is 13.2 Å². The minimum atomic E-state index is -1.10. The van der Waals surface area contributed by atoms with Crippen LogP contribution >= 0.6 is 0 Å². The highest BCUT2D eigenvalue weighted by atomic mass is 28.3. The molecule has 12 heavy (non-hydrogen) atoms. The van der Waals surface area contributed by atoms with Gasteiger partial charge in [0.2, 0.25) is 0 Å². The molecule has 0 aromatic carbocycles. The van der Waals surface area contributed by atoms with E-state index in [9.17, 15) is 0 Å². The Morgan fingerprint density at radius 1 is 1.08 bits per heavy atom. The van der Waals surface area contributed by atoms with Gasteiger partial charge in [-0.15, -0.1) is 0 Å². The van der Waals surface area contributed by atoms with E-state index in [1.165, 1.54) is 0 Å². The first-order valence-corrected chi connectivity index (χ1v) is 5.99. The van der Waals surface area contributed by atoms with Crippen molar-refractivity contribution in [1.82, 2.24) is 0 Å². The molecule has 0 unspecified atom stereocenters. The van der Waals surface area contributed by atoms with Gasteiger partial charge >= 0.3 is 9.28 Å². The average Bonchev–Trinajstić information content (AvgIpc) is 2.10. The highest BCUT2D eigenvalue weighted by Crippen LogP contribution is 1.95. The molecule has 0 fully saturated rings. The van der Waals surface area contributed by atoms with E-state index in [4.69, 9.17) is 8.85 Å². The summed E-state index contributed by atoms with van der Waals surface area (Å²) in [5, 5.41) is 0. The minimum Gasteiger partial charge on any atom is -0.390 e. The van der Waals surface area contributed by atoms with Gasteiger partial charge in [-0.1, -0.05) is 19.9 Å². The molecule has 0 spiro atoms. The summed E-state index contributed by atoms with van der Waals surface area (Å²) in [6.45, 7) is 7.82. The predicted octanol–water partition coefficient (Wildman–Crippen LogP) is 2.44. The molecule has 0 aliphatic heterocycles. The molecule has 0 aromatic heterocycles. The fourth-order valence-electron chi connectivity index (χ4n) is 0.679. The van der Waals surface area contributed by atoms with Gasteiger partial charge in [-0.3, -0.25) is 0 Å². The summed E-state index contributed by atoms with van der Waals surface area (Å²) in [6, 6.07) is 0. The van der Waals surface area contributed by atoms with Crippen LogP contribution in [-0.2, 0) is 8.85 Å². The molecule has 0 N–H and O–H groups in total. The average molecular weight is 187 g/mol. The molecule has 2 nitrogen and oxygen atoms in total. The first-order valence-electron chi connectivity index (χ1n) is 4.60. The Morgan fingerprint density at radius 2 is 1.58 bits per heavy atom. The van der Waals surface area contributed by atoms with Crippen LogP contribution in [0.3, 0.4) is 0 Å². The highest BCUT2D eigenvalue weighted by molar-refractivity contribution is 6.50. The molecule has 0 amide bonds. The second-order valence-corrected chi connectivity index (χ2v) is 4.06. The second kappa shape index (κ2) is 8.97. The molecule has 0 saturated heterocycles. The van der Waals surface area contributed by atoms with Crippen LogP contribution in [0, 0.1) is 0 Å². The molecule has 1 radical (unpaired) electrons. The lowest BCUT2D eigenvalue weighted by Crippen LogP contribution is -2.21. The second-order valence-electron chi connectivity index (χ2n) is 2.52. The molecule has 0 saturated carbocycles. The maximum Gasteiger partial charge on any atom is 0.415 e. The largest absolute Gasteiger partial charge is 0.415 e. The van der Waals surface area contributed by atoms with Crippen LogP contribution in [0.4, 0.5) is 0 Å². The Labute approximate surface area is 77.4 Å². The summed E-state index contributed by atoms with van der Waals surface area (Å²) in [7, 11) is -1.10. The zero-order valence-corrected chi connectivity index (χ0v) is 9.30. The van der Waals surface area contributed by atoms with Crippen molar-refractivity contribution in [3.63, 3.8) is 0 Å². The summed E-state index contributed by atoms with van der Waals surface area (Å²) in [6.07, 6.45) is 4.11. The zero-order chi connectivity index (χ0) is 9.23. The Balaban J connectivity index is 3.54. The Bertz CT molecular complexity index is 107. The van der Waals surface area contributed by atoms with Gasteiger partial charge in [-0.25, -0.2) is 0 Å². The van der Waals surface area contributed by atoms with Crippen molar-refractivity contribution in [3.05, 3.63) is 11.8 Å². The lowest BCUT2D eigenvalue weighted by molar-refractivity contribution is 0.206. The smallest absolute Gasteiger partial charge is 0.390 e. The van der Waals surface area contributed by atoms with Crippen LogP contribution in [0.2, 0.25) is 0 Å². The van der Waals surface area contributed by atoms with Gasteiger partial charge in [0.15, 0.2) is 0 Å². The molecule has 71 valence electrons. The van der Waals surface area contributed by atoms with E-state index in [1.54, 1.807) is 0 Å². The van der Waals surface area contributed by atoms with Crippen LogP contribution in [0.25, 0.3) is 0 Å². The molecule has 3 heteroatoms. The number of hydrogen-bond acceptors (Lipinski definition) is 2. The molecule has 0 heterocycles. The Hall–Kier alpha value is -0.123. The van der Waals surface area contributed by atoms with E-state index >= 15 is 0 Å². The van der Waals surface area contributed by atoms with E-state index in [0.717, 1.165) is 26.1 Å². The summed E-state index contributed by atoms with van der Waals surface area (Å²) >= 11 is 0. The summed E-state index contributed by atoms with van der Waals surface area (Å²) in [4.78, 5) is 0. The first kappa shape index (κ1) is 11.9. The van der Waals surface area contributed by atoms with Gasteiger partial charge < -0.3 is 8.85 Å². The van der Waals surface area contributed by atoms with Crippen molar-refractivity contribution >= 4 is 9.28 Å². The molecule has 0 rings (SSSR count).